The summed E-state index contributed by atoms with van der Waals surface area (Å²) in [6.45, 7) is 1.06. The van der Waals surface area contributed by atoms with Crippen LogP contribution in [0.25, 0.3) is 0 Å². The third-order valence-corrected chi connectivity index (χ3v) is 4.51. The number of aromatic amines is 1. The molecular formula is C12H17N3OS. The van der Waals surface area contributed by atoms with Gasteiger partial charge >= 0.3 is 0 Å². The Hall–Kier alpha value is -0.810. The lowest BCUT2D eigenvalue weighted by Crippen LogP contribution is -2.35. The van der Waals surface area contributed by atoms with Gasteiger partial charge in [0.15, 0.2) is 0 Å². The number of nitrogens with zero attached hydrogens (tertiary/aromatic N) is 2. The van der Waals surface area contributed by atoms with E-state index in [9.17, 15) is 4.79 Å². The monoisotopic (exact) mass is 251 g/mol. The maximum Gasteiger partial charge on any atom is 0.251 e. The molecule has 4 nitrogen and oxygen atoms in total. The molecule has 0 aromatic carbocycles. The average Bonchev–Trinajstić information content (AvgIpc) is 3.12. The normalized spacial score (nSPS) is 26.1. The Morgan fingerprint density at radius 1 is 1.53 bits per heavy atom. The molecule has 1 aromatic heterocycles. The largest absolute Gasteiger partial charge is 0.309 e. The average molecular weight is 251 g/mol. The lowest BCUT2D eigenvalue weighted by molar-refractivity contribution is 0.263. The minimum absolute atomic E-state index is 0.000809. The molecule has 1 saturated heterocycles. The molecule has 0 spiro atoms. The molecule has 1 aromatic rings. The van der Waals surface area contributed by atoms with E-state index in [1.54, 1.807) is 6.07 Å². The Labute approximate surface area is 105 Å². The lowest BCUT2D eigenvalue weighted by atomic mass is 10.2. The highest BCUT2D eigenvalue weighted by Gasteiger charge is 2.28. The van der Waals surface area contributed by atoms with Gasteiger partial charge in [-0.1, -0.05) is 0 Å². The number of hydrogen-bond donors (Lipinski definition) is 1. The first kappa shape index (κ1) is 11.3. The molecule has 1 saturated carbocycles. The molecule has 2 aliphatic rings. The van der Waals surface area contributed by atoms with Gasteiger partial charge in [-0.3, -0.25) is 9.69 Å². The Balaban J connectivity index is 1.92. The number of hydrogen-bond acceptors (Lipinski definition) is 4. The van der Waals surface area contributed by atoms with E-state index in [1.807, 2.05) is 11.8 Å². The van der Waals surface area contributed by atoms with Crippen molar-refractivity contribution >= 4 is 11.8 Å². The van der Waals surface area contributed by atoms with Crippen molar-refractivity contribution in [2.45, 2.75) is 24.8 Å². The SMILES string of the molecule is CN1CCSCC1c1nc(C2CC2)cc(=O)[nH]1. The van der Waals surface area contributed by atoms with Crippen molar-refractivity contribution in [2.24, 2.45) is 0 Å². The molecule has 0 bridgehead atoms. The summed E-state index contributed by atoms with van der Waals surface area (Å²) in [4.78, 5) is 21.5. The van der Waals surface area contributed by atoms with Crippen molar-refractivity contribution in [3.8, 4) is 0 Å². The first-order chi connectivity index (χ1) is 8.24. The highest BCUT2D eigenvalue weighted by molar-refractivity contribution is 7.99. The summed E-state index contributed by atoms with van der Waals surface area (Å²) in [5.74, 6) is 3.58. The Bertz CT molecular complexity index is 469. The van der Waals surface area contributed by atoms with Crippen LogP contribution in [0.1, 0.15) is 36.3 Å². The molecule has 17 heavy (non-hydrogen) atoms. The Morgan fingerprint density at radius 2 is 2.35 bits per heavy atom. The van der Waals surface area contributed by atoms with Crippen LogP contribution in [0.5, 0.6) is 0 Å². The topological polar surface area (TPSA) is 49.0 Å². The number of rotatable bonds is 2. The maximum absolute atomic E-state index is 11.7. The summed E-state index contributed by atoms with van der Waals surface area (Å²) in [6.07, 6.45) is 2.37. The molecule has 5 heteroatoms. The Morgan fingerprint density at radius 3 is 3.06 bits per heavy atom. The zero-order valence-electron chi connectivity index (χ0n) is 9.98. The molecule has 92 valence electrons. The van der Waals surface area contributed by atoms with Crippen LogP contribution >= 0.6 is 11.8 Å². The minimum atomic E-state index is 0.000809. The molecule has 3 rings (SSSR count). The molecule has 1 atom stereocenters. The summed E-state index contributed by atoms with van der Waals surface area (Å²) in [6, 6.07) is 1.93. The maximum atomic E-state index is 11.7. The fourth-order valence-electron chi connectivity index (χ4n) is 2.22. The first-order valence-electron chi connectivity index (χ1n) is 6.13. The smallest absolute Gasteiger partial charge is 0.251 e. The van der Waals surface area contributed by atoms with Crippen LogP contribution < -0.4 is 5.56 Å². The second-order valence-electron chi connectivity index (χ2n) is 4.90. The molecule has 0 radical (unpaired) electrons. The molecule has 2 fully saturated rings. The van der Waals surface area contributed by atoms with E-state index in [2.05, 4.69) is 21.9 Å². The summed E-state index contributed by atoms with van der Waals surface area (Å²) < 4.78 is 0. The van der Waals surface area contributed by atoms with Gasteiger partial charge in [0.1, 0.15) is 5.82 Å². The summed E-state index contributed by atoms with van der Waals surface area (Å²) in [7, 11) is 2.11. The van der Waals surface area contributed by atoms with E-state index in [0.717, 1.165) is 23.8 Å². The quantitative estimate of drug-likeness (QED) is 0.862. The second-order valence-corrected chi connectivity index (χ2v) is 6.05. The van der Waals surface area contributed by atoms with Crippen LogP contribution in [0.4, 0.5) is 0 Å². The standard InChI is InChI=1S/C12H17N3OS/c1-15-4-5-17-7-10(15)12-13-9(8-2-3-8)6-11(16)14-12/h6,8,10H,2-5,7H2,1H3,(H,13,14,16). The lowest BCUT2D eigenvalue weighted by Gasteiger charge is -2.31. The number of H-pyrrole nitrogens is 1. The molecule has 0 amide bonds. The molecule has 1 N–H and O–H groups in total. The van der Waals surface area contributed by atoms with Crippen molar-refractivity contribution in [2.75, 3.05) is 25.1 Å². The van der Waals surface area contributed by atoms with E-state index >= 15 is 0 Å². The summed E-state index contributed by atoms with van der Waals surface area (Å²) >= 11 is 1.93. The third-order valence-electron chi connectivity index (χ3n) is 3.49. The van der Waals surface area contributed by atoms with E-state index < -0.39 is 0 Å². The van der Waals surface area contributed by atoms with Gasteiger partial charge in [-0.05, 0) is 19.9 Å². The van der Waals surface area contributed by atoms with Gasteiger partial charge in [0.2, 0.25) is 0 Å². The van der Waals surface area contributed by atoms with Crippen LogP contribution in [-0.2, 0) is 0 Å². The highest BCUT2D eigenvalue weighted by atomic mass is 32.2. The van der Waals surface area contributed by atoms with Crippen LogP contribution in [0.2, 0.25) is 0 Å². The predicted molar refractivity (Wildman–Crippen MR) is 69.5 cm³/mol. The van der Waals surface area contributed by atoms with E-state index in [4.69, 9.17) is 0 Å². The van der Waals surface area contributed by atoms with E-state index in [0.29, 0.717) is 5.92 Å². The van der Waals surface area contributed by atoms with Crippen LogP contribution in [0.15, 0.2) is 10.9 Å². The molecular weight excluding hydrogens is 234 g/mol. The van der Waals surface area contributed by atoms with Crippen molar-refractivity contribution < 1.29 is 0 Å². The summed E-state index contributed by atoms with van der Waals surface area (Å²) in [5, 5.41) is 0. The summed E-state index contributed by atoms with van der Waals surface area (Å²) in [5.41, 5.74) is 0.994. The number of nitrogens with one attached hydrogen (secondary N) is 1. The third kappa shape index (κ3) is 2.40. The van der Waals surface area contributed by atoms with Gasteiger partial charge in [-0.2, -0.15) is 11.8 Å². The zero-order chi connectivity index (χ0) is 11.8. The Kier molecular flexibility index (Phi) is 2.96. The van der Waals surface area contributed by atoms with Crippen molar-refractivity contribution in [3.05, 3.63) is 27.9 Å². The van der Waals surface area contributed by atoms with Crippen molar-refractivity contribution in [1.29, 1.82) is 0 Å². The molecule has 1 unspecified atom stereocenters. The molecule has 1 aliphatic heterocycles. The van der Waals surface area contributed by atoms with Crippen LogP contribution in [0, 0.1) is 0 Å². The molecule has 2 heterocycles. The van der Waals surface area contributed by atoms with E-state index in [1.165, 1.54) is 18.6 Å². The zero-order valence-corrected chi connectivity index (χ0v) is 10.8. The highest BCUT2D eigenvalue weighted by Crippen LogP contribution is 2.38. The van der Waals surface area contributed by atoms with Gasteiger partial charge in [-0.15, -0.1) is 0 Å². The second kappa shape index (κ2) is 4.46. The van der Waals surface area contributed by atoms with Gasteiger partial charge in [0.05, 0.1) is 11.7 Å². The fourth-order valence-corrected chi connectivity index (χ4v) is 3.44. The number of thioether (sulfide) groups is 1. The van der Waals surface area contributed by atoms with Crippen molar-refractivity contribution in [3.63, 3.8) is 0 Å². The van der Waals surface area contributed by atoms with E-state index in [-0.39, 0.29) is 11.6 Å². The predicted octanol–water partition coefficient (Wildman–Crippen LogP) is 1.37. The van der Waals surface area contributed by atoms with Gasteiger partial charge in [-0.25, -0.2) is 4.98 Å². The minimum Gasteiger partial charge on any atom is -0.309 e. The van der Waals surface area contributed by atoms with Crippen LogP contribution in [-0.4, -0.2) is 40.0 Å². The first-order valence-corrected chi connectivity index (χ1v) is 7.28. The van der Waals surface area contributed by atoms with Gasteiger partial charge < -0.3 is 4.98 Å². The fraction of sp³-hybridized carbons (Fsp3) is 0.667. The molecule has 1 aliphatic carbocycles. The van der Waals surface area contributed by atoms with Crippen molar-refractivity contribution in [1.82, 2.24) is 14.9 Å². The van der Waals surface area contributed by atoms with Gasteiger partial charge in [0, 0.05) is 30.0 Å². The van der Waals surface area contributed by atoms with Crippen LogP contribution in [0.3, 0.4) is 0 Å². The number of aromatic nitrogens is 2. The van der Waals surface area contributed by atoms with Gasteiger partial charge in [0.25, 0.3) is 5.56 Å².